The van der Waals surface area contributed by atoms with Gasteiger partial charge in [-0.25, -0.2) is 0 Å². The Morgan fingerprint density at radius 3 is 1.75 bits per heavy atom. The molecule has 0 heteroatoms. The Hall–Kier alpha value is -0.260. The van der Waals surface area contributed by atoms with E-state index in [4.69, 9.17) is 0 Å². The molecule has 0 aromatic rings. The molecule has 0 aliphatic heterocycles. The molecular weight excluding hydrogens is 144 g/mol. The molecule has 0 bridgehead atoms. The van der Waals surface area contributed by atoms with Crippen LogP contribution in [0.4, 0.5) is 0 Å². The molecule has 0 aromatic heterocycles. The van der Waals surface area contributed by atoms with Crippen molar-refractivity contribution in [2.24, 2.45) is 29.6 Å². The van der Waals surface area contributed by atoms with Crippen molar-refractivity contribution in [1.82, 2.24) is 0 Å². The lowest BCUT2D eigenvalue weighted by atomic mass is 9.64. The molecule has 4 unspecified atom stereocenters. The summed E-state index contributed by atoms with van der Waals surface area (Å²) in [5.74, 6) is 4.14. The van der Waals surface area contributed by atoms with Gasteiger partial charge in [0.1, 0.15) is 0 Å². The fourth-order valence-electron chi connectivity index (χ4n) is 2.68. The predicted octanol–water partition coefficient (Wildman–Crippen LogP) is 3.74. The second-order valence-electron chi connectivity index (χ2n) is 4.72. The van der Waals surface area contributed by atoms with Crippen LogP contribution in [-0.2, 0) is 0 Å². The topological polar surface area (TPSA) is 0 Å². The van der Waals surface area contributed by atoms with Crippen LogP contribution in [0.1, 0.15) is 34.1 Å². The molecule has 0 amide bonds. The van der Waals surface area contributed by atoms with E-state index in [1.165, 1.54) is 6.42 Å². The zero-order valence-corrected chi connectivity index (χ0v) is 8.88. The molecule has 0 heterocycles. The summed E-state index contributed by atoms with van der Waals surface area (Å²) in [6.07, 6.45) is 3.56. The highest BCUT2D eigenvalue weighted by Gasteiger charge is 2.34. The summed E-state index contributed by atoms with van der Waals surface area (Å²) in [5, 5.41) is 0. The average Bonchev–Trinajstić information content (AvgIpc) is 2.02. The minimum atomic E-state index is 0.740. The zero-order chi connectivity index (χ0) is 9.30. The summed E-state index contributed by atoms with van der Waals surface area (Å²) in [4.78, 5) is 0. The van der Waals surface area contributed by atoms with E-state index in [-0.39, 0.29) is 0 Å². The van der Waals surface area contributed by atoms with Crippen LogP contribution < -0.4 is 0 Å². The van der Waals surface area contributed by atoms with Crippen molar-refractivity contribution in [3.05, 3.63) is 12.7 Å². The number of hydrogen-bond acceptors (Lipinski definition) is 0. The molecule has 12 heavy (non-hydrogen) atoms. The monoisotopic (exact) mass is 166 g/mol. The molecule has 0 nitrogen and oxygen atoms in total. The van der Waals surface area contributed by atoms with Crippen molar-refractivity contribution >= 4 is 0 Å². The molecule has 1 saturated carbocycles. The van der Waals surface area contributed by atoms with Gasteiger partial charge in [-0.15, -0.1) is 6.58 Å². The van der Waals surface area contributed by atoms with Crippen molar-refractivity contribution in [3.63, 3.8) is 0 Å². The van der Waals surface area contributed by atoms with Gasteiger partial charge in [0, 0.05) is 0 Å². The second kappa shape index (κ2) is 3.64. The maximum absolute atomic E-state index is 3.95. The number of rotatable bonds is 1. The molecule has 4 atom stereocenters. The Morgan fingerprint density at radius 1 is 1.00 bits per heavy atom. The Balaban J connectivity index is 2.73. The quantitative estimate of drug-likeness (QED) is 0.521. The summed E-state index contributed by atoms with van der Waals surface area (Å²) in [5.41, 5.74) is 0. The van der Waals surface area contributed by atoms with Crippen LogP contribution in [0.2, 0.25) is 0 Å². The van der Waals surface area contributed by atoms with E-state index in [1.54, 1.807) is 0 Å². The molecule has 1 rings (SSSR count). The van der Waals surface area contributed by atoms with Crippen LogP contribution in [0.25, 0.3) is 0 Å². The third-order valence-electron chi connectivity index (χ3n) is 4.03. The molecule has 1 fully saturated rings. The predicted molar refractivity (Wildman–Crippen MR) is 55.0 cm³/mol. The lowest BCUT2D eigenvalue weighted by molar-refractivity contribution is 0.104. The fraction of sp³-hybridized carbons (Fsp3) is 0.833. The van der Waals surface area contributed by atoms with Crippen molar-refractivity contribution in [3.8, 4) is 0 Å². The van der Waals surface area contributed by atoms with Gasteiger partial charge in [0.2, 0.25) is 0 Å². The average molecular weight is 166 g/mol. The molecule has 0 saturated heterocycles. The van der Waals surface area contributed by atoms with Crippen molar-refractivity contribution in [2.45, 2.75) is 34.1 Å². The first kappa shape index (κ1) is 9.83. The molecule has 70 valence electrons. The van der Waals surface area contributed by atoms with Gasteiger partial charge in [0.25, 0.3) is 0 Å². The summed E-state index contributed by atoms with van der Waals surface area (Å²) < 4.78 is 0. The van der Waals surface area contributed by atoms with Crippen LogP contribution in [0.5, 0.6) is 0 Å². The Kier molecular flexibility index (Phi) is 2.98. The van der Waals surface area contributed by atoms with Crippen LogP contribution in [0.3, 0.4) is 0 Å². The lowest BCUT2D eigenvalue weighted by Crippen LogP contribution is -2.34. The summed E-state index contributed by atoms with van der Waals surface area (Å²) >= 11 is 0. The Bertz CT molecular complexity index is 145. The fourth-order valence-corrected chi connectivity index (χ4v) is 2.68. The SMILES string of the molecule is C=CC1C(C)C(C)CC(C)C1C. The van der Waals surface area contributed by atoms with Crippen molar-refractivity contribution in [1.29, 1.82) is 0 Å². The van der Waals surface area contributed by atoms with Crippen molar-refractivity contribution < 1.29 is 0 Å². The van der Waals surface area contributed by atoms with Gasteiger partial charge in [0.05, 0.1) is 0 Å². The molecular formula is C12H22. The highest BCUT2D eigenvalue weighted by molar-refractivity contribution is 4.93. The second-order valence-corrected chi connectivity index (χ2v) is 4.72. The molecule has 0 radical (unpaired) electrons. The first-order chi connectivity index (χ1) is 5.57. The minimum Gasteiger partial charge on any atom is -0.103 e. The van der Waals surface area contributed by atoms with Gasteiger partial charge in [-0.05, 0) is 36.0 Å². The maximum Gasteiger partial charge on any atom is -0.0180 e. The number of allylic oxidation sites excluding steroid dienone is 1. The third kappa shape index (κ3) is 1.57. The van der Waals surface area contributed by atoms with E-state index in [2.05, 4.69) is 40.3 Å². The van der Waals surface area contributed by atoms with E-state index in [0.717, 1.165) is 29.6 Å². The lowest BCUT2D eigenvalue weighted by Gasteiger charge is -2.41. The molecule has 1 aliphatic rings. The van der Waals surface area contributed by atoms with Gasteiger partial charge in [-0.1, -0.05) is 33.8 Å². The van der Waals surface area contributed by atoms with Crippen LogP contribution in [0, 0.1) is 29.6 Å². The van der Waals surface area contributed by atoms with E-state index < -0.39 is 0 Å². The standard InChI is InChI=1S/C12H22/c1-6-12-10(4)8(2)7-9(3)11(12)5/h6,8-12H,1,7H2,2-5H3. The largest absolute Gasteiger partial charge is 0.103 e. The molecule has 0 aromatic carbocycles. The Morgan fingerprint density at radius 2 is 1.42 bits per heavy atom. The van der Waals surface area contributed by atoms with Gasteiger partial charge in [-0.2, -0.15) is 0 Å². The van der Waals surface area contributed by atoms with Gasteiger partial charge in [0.15, 0.2) is 0 Å². The van der Waals surface area contributed by atoms with Crippen LogP contribution in [-0.4, -0.2) is 0 Å². The maximum atomic E-state index is 3.95. The van der Waals surface area contributed by atoms with Gasteiger partial charge < -0.3 is 0 Å². The normalized spacial score (nSPS) is 48.8. The molecule has 0 spiro atoms. The van der Waals surface area contributed by atoms with E-state index in [9.17, 15) is 0 Å². The first-order valence-corrected chi connectivity index (χ1v) is 5.20. The zero-order valence-electron chi connectivity index (χ0n) is 8.88. The smallest absolute Gasteiger partial charge is 0.0180 e. The number of hydrogen-bond donors (Lipinski definition) is 0. The first-order valence-electron chi connectivity index (χ1n) is 5.20. The van der Waals surface area contributed by atoms with E-state index in [0.29, 0.717) is 0 Å². The van der Waals surface area contributed by atoms with Crippen LogP contribution in [0.15, 0.2) is 12.7 Å². The highest BCUT2D eigenvalue weighted by Crippen LogP contribution is 2.42. The molecule has 0 N–H and O–H groups in total. The minimum absolute atomic E-state index is 0.740. The third-order valence-corrected chi connectivity index (χ3v) is 4.03. The highest BCUT2D eigenvalue weighted by atomic mass is 14.4. The Labute approximate surface area is 77.1 Å². The van der Waals surface area contributed by atoms with Crippen LogP contribution >= 0.6 is 0 Å². The van der Waals surface area contributed by atoms with Gasteiger partial charge in [-0.3, -0.25) is 0 Å². The molecule has 1 aliphatic carbocycles. The van der Waals surface area contributed by atoms with E-state index >= 15 is 0 Å². The van der Waals surface area contributed by atoms with E-state index in [1.807, 2.05) is 0 Å². The summed E-state index contributed by atoms with van der Waals surface area (Å²) in [6, 6.07) is 0. The van der Waals surface area contributed by atoms with Gasteiger partial charge >= 0.3 is 0 Å². The van der Waals surface area contributed by atoms with Crippen molar-refractivity contribution in [2.75, 3.05) is 0 Å². The summed E-state index contributed by atoms with van der Waals surface area (Å²) in [7, 11) is 0. The summed E-state index contributed by atoms with van der Waals surface area (Å²) in [6.45, 7) is 13.5.